The summed E-state index contributed by atoms with van der Waals surface area (Å²) < 4.78 is 13.2. The predicted molar refractivity (Wildman–Crippen MR) is 99.4 cm³/mol. The maximum absolute atomic E-state index is 13.2. The van der Waals surface area contributed by atoms with E-state index in [9.17, 15) is 9.18 Å². The third kappa shape index (κ3) is 3.06. The fourth-order valence-electron chi connectivity index (χ4n) is 3.17. The molecule has 1 saturated carbocycles. The van der Waals surface area contributed by atoms with Crippen LogP contribution in [0.5, 0.6) is 0 Å². The minimum atomic E-state index is -0.446. The highest BCUT2D eigenvalue weighted by atomic mass is 32.1. The largest absolute Gasteiger partial charge is 0.365 e. The number of carbonyl (C=O) groups excluding carboxylic acids is 1. The van der Waals surface area contributed by atoms with E-state index < -0.39 is 5.91 Å². The summed E-state index contributed by atoms with van der Waals surface area (Å²) in [5.74, 6) is -0.0122. The lowest BCUT2D eigenvalue weighted by Crippen LogP contribution is -2.42. The van der Waals surface area contributed by atoms with E-state index in [1.807, 2.05) is 30.3 Å². The molecule has 2 heterocycles. The predicted octanol–water partition coefficient (Wildman–Crippen LogP) is 3.93. The molecule has 0 atom stereocenters. The molecule has 0 saturated heterocycles. The van der Waals surface area contributed by atoms with E-state index >= 15 is 0 Å². The van der Waals surface area contributed by atoms with Gasteiger partial charge in [-0.05, 0) is 61.2 Å². The number of nitrogens with zero attached hydrogens (tertiary/aromatic N) is 2. The van der Waals surface area contributed by atoms with Gasteiger partial charge in [0.15, 0.2) is 0 Å². The van der Waals surface area contributed by atoms with Gasteiger partial charge in [-0.2, -0.15) is 0 Å². The van der Waals surface area contributed by atoms with Crippen molar-refractivity contribution < 1.29 is 9.18 Å². The van der Waals surface area contributed by atoms with Crippen molar-refractivity contribution in [1.82, 2.24) is 10.2 Å². The number of hydrogen-bond donors (Lipinski definition) is 2. The number of amides is 1. The van der Waals surface area contributed by atoms with E-state index in [1.165, 1.54) is 23.5 Å². The number of primary amides is 1. The van der Waals surface area contributed by atoms with E-state index in [4.69, 9.17) is 5.73 Å². The van der Waals surface area contributed by atoms with Crippen LogP contribution in [0.3, 0.4) is 0 Å². The van der Waals surface area contributed by atoms with Crippen LogP contribution in [0.1, 0.15) is 34.5 Å². The van der Waals surface area contributed by atoms with Crippen molar-refractivity contribution >= 4 is 23.1 Å². The number of hydrogen-bond acceptors (Lipinski definition) is 5. The van der Waals surface area contributed by atoms with Gasteiger partial charge in [0.25, 0.3) is 5.91 Å². The summed E-state index contributed by atoms with van der Waals surface area (Å²) >= 11 is 1.29. The summed E-state index contributed by atoms with van der Waals surface area (Å²) in [5, 5.41) is 12.0. The minimum absolute atomic E-state index is 0.216. The quantitative estimate of drug-likeness (QED) is 0.715. The van der Waals surface area contributed by atoms with Crippen LogP contribution in [0.2, 0.25) is 0 Å². The second-order valence-corrected chi connectivity index (χ2v) is 7.48. The maximum atomic E-state index is 13.2. The molecule has 0 spiro atoms. The van der Waals surface area contributed by atoms with Crippen LogP contribution in [0.4, 0.5) is 10.2 Å². The van der Waals surface area contributed by atoms with E-state index in [0.717, 1.165) is 29.7 Å². The Morgan fingerprint density at radius 1 is 1.08 bits per heavy atom. The van der Waals surface area contributed by atoms with E-state index in [1.54, 1.807) is 6.07 Å². The molecule has 1 aliphatic rings. The topological polar surface area (TPSA) is 80.9 Å². The molecule has 2 aromatic heterocycles. The molecular weight excluding hydrogens is 351 g/mol. The van der Waals surface area contributed by atoms with Crippen LogP contribution in [0.15, 0.2) is 48.5 Å². The standard InChI is InChI=1S/C19H17FN4OS/c20-13-4-2-12(3-5-13)19(10-1-11-19)22-17-9-6-14(23-24-17)15-7-8-16(26-15)18(21)25/h2-9H,1,10-11H2,(H2,21,25)(H,22,24). The summed E-state index contributed by atoms with van der Waals surface area (Å²) in [6.07, 6.45) is 3.05. The first-order valence-electron chi connectivity index (χ1n) is 8.34. The van der Waals surface area contributed by atoms with Gasteiger partial charge in [0, 0.05) is 0 Å². The van der Waals surface area contributed by atoms with Crippen LogP contribution in [0.25, 0.3) is 10.6 Å². The van der Waals surface area contributed by atoms with Gasteiger partial charge < -0.3 is 11.1 Å². The van der Waals surface area contributed by atoms with Gasteiger partial charge in [0.1, 0.15) is 17.3 Å². The molecule has 3 aromatic rings. The molecule has 7 heteroatoms. The monoisotopic (exact) mass is 368 g/mol. The Morgan fingerprint density at radius 2 is 1.85 bits per heavy atom. The Bertz CT molecular complexity index is 933. The van der Waals surface area contributed by atoms with Crippen LogP contribution in [0, 0.1) is 5.82 Å². The molecule has 0 bridgehead atoms. The van der Waals surface area contributed by atoms with Crippen molar-refractivity contribution in [3.63, 3.8) is 0 Å². The SMILES string of the molecule is NC(=O)c1ccc(-c2ccc(NC3(c4ccc(F)cc4)CCC3)nn2)s1. The Kier molecular flexibility index (Phi) is 4.16. The van der Waals surface area contributed by atoms with Crippen LogP contribution < -0.4 is 11.1 Å². The number of thiophene rings is 1. The average Bonchev–Trinajstić information content (AvgIpc) is 3.10. The molecule has 0 radical (unpaired) electrons. The van der Waals surface area contributed by atoms with Gasteiger partial charge in [0.2, 0.25) is 0 Å². The Hall–Kier alpha value is -2.80. The number of carbonyl (C=O) groups is 1. The Balaban J connectivity index is 1.54. The molecule has 1 amide bonds. The Morgan fingerprint density at radius 3 is 2.38 bits per heavy atom. The van der Waals surface area contributed by atoms with Gasteiger partial charge in [-0.25, -0.2) is 4.39 Å². The summed E-state index contributed by atoms with van der Waals surface area (Å²) in [5.41, 5.74) is 6.82. The lowest BCUT2D eigenvalue weighted by molar-refractivity contribution is 0.100. The molecule has 3 N–H and O–H groups in total. The van der Waals surface area contributed by atoms with E-state index in [2.05, 4.69) is 15.5 Å². The second kappa shape index (κ2) is 6.49. The second-order valence-electron chi connectivity index (χ2n) is 6.40. The van der Waals surface area contributed by atoms with E-state index in [0.29, 0.717) is 16.4 Å². The van der Waals surface area contributed by atoms with Gasteiger partial charge in [-0.15, -0.1) is 21.5 Å². The number of benzene rings is 1. The molecule has 0 unspecified atom stereocenters. The molecule has 26 heavy (non-hydrogen) atoms. The molecule has 132 valence electrons. The number of anilines is 1. The third-order valence-electron chi connectivity index (χ3n) is 4.74. The van der Waals surface area contributed by atoms with Crippen molar-refractivity contribution in [3.05, 3.63) is 64.8 Å². The van der Waals surface area contributed by atoms with Crippen molar-refractivity contribution in [1.29, 1.82) is 0 Å². The van der Waals surface area contributed by atoms with Crippen molar-refractivity contribution in [2.45, 2.75) is 24.8 Å². The Labute approximate surface area is 154 Å². The highest BCUT2D eigenvalue weighted by molar-refractivity contribution is 7.17. The highest BCUT2D eigenvalue weighted by Gasteiger charge is 2.39. The van der Waals surface area contributed by atoms with Crippen molar-refractivity contribution in [2.75, 3.05) is 5.32 Å². The zero-order valence-corrected chi connectivity index (χ0v) is 14.7. The van der Waals surface area contributed by atoms with E-state index in [-0.39, 0.29) is 11.4 Å². The molecule has 1 fully saturated rings. The van der Waals surface area contributed by atoms with Crippen LogP contribution in [-0.2, 0) is 5.54 Å². The zero-order chi connectivity index (χ0) is 18.1. The normalized spacial score (nSPS) is 15.3. The lowest BCUT2D eigenvalue weighted by Gasteiger charge is -2.43. The highest BCUT2D eigenvalue weighted by Crippen LogP contribution is 2.43. The zero-order valence-electron chi connectivity index (χ0n) is 13.9. The minimum Gasteiger partial charge on any atom is -0.365 e. The molecular formula is C19H17FN4OS. The smallest absolute Gasteiger partial charge is 0.258 e. The first-order chi connectivity index (χ1) is 12.6. The van der Waals surface area contributed by atoms with Gasteiger partial charge in [-0.1, -0.05) is 12.1 Å². The molecule has 0 aliphatic heterocycles. The first kappa shape index (κ1) is 16.7. The third-order valence-corrected chi connectivity index (χ3v) is 5.86. The summed E-state index contributed by atoms with van der Waals surface area (Å²) in [6, 6.07) is 13.8. The maximum Gasteiger partial charge on any atom is 0.258 e. The number of nitrogens with two attached hydrogens (primary N) is 1. The van der Waals surface area contributed by atoms with Gasteiger partial charge in [-0.3, -0.25) is 4.79 Å². The summed E-state index contributed by atoms with van der Waals surface area (Å²) in [4.78, 5) is 12.6. The van der Waals surface area contributed by atoms with Gasteiger partial charge in [0.05, 0.1) is 15.3 Å². The summed E-state index contributed by atoms with van der Waals surface area (Å²) in [7, 11) is 0. The first-order valence-corrected chi connectivity index (χ1v) is 9.15. The summed E-state index contributed by atoms with van der Waals surface area (Å²) in [6.45, 7) is 0. The van der Waals surface area contributed by atoms with Gasteiger partial charge >= 0.3 is 0 Å². The van der Waals surface area contributed by atoms with Crippen LogP contribution in [-0.4, -0.2) is 16.1 Å². The molecule has 1 aliphatic carbocycles. The number of aromatic nitrogens is 2. The molecule has 4 rings (SSSR count). The molecule has 5 nitrogen and oxygen atoms in total. The van der Waals surface area contributed by atoms with Crippen molar-refractivity contribution in [2.24, 2.45) is 5.73 Å². The number of halogens is 1. The number of rotatable bonds is 5. The molecule has 1 aromatic carbocycles. The fourth-order valence-corrected chi connectivity index (χ4v) is 3.99. The van der Waals surface area contributed by atoms with Crippen molar-refractivity contribution in [3.8, 4) is 10.6 Å². The average molecular weight is 368 g/mol. The fraction of sp³-hybridized carbons (Fsp3) is 0.211. The van der Waals surface area contributed by atoms with Crippen LogP contribution >= 0.6 is 11.3 Å². The lowest BCUT2D eigenvalue weighted by atomic mass is 9.72. The number of nitrogens with one attached hydrogen (secondary N) is 1.